The van der Waals surface area contributed by atoms with Gasteiger partial charge in [-0.05, 0) is 34.4 Å². The summed E-state index contributed by atoms with van der Waals surface area (Å²) in [5.74, 6) is 0. The fraction of sp³-hybridized carbons (Fsp3) is 0.800. The maximum absolute atomic E-state index is 10.7. The molecule has 0 aliphatic carbocycles. The maximum atomic E-state index is 10.7. The van der Waals surface area contributed by atoms with E-state index in [9.17, 15) is 9.59 Å². The zero-order valence-corrected chi connectivity index (χ0v) is 15.9. The van der Waals surface area contributed by atoms with Gasteiger partial charge in [0.15, 0.2) is 10.9 Å². The molecule has 0 heterocycles. The van der Waals surface area contributed by atoms with Gasteiger partial charge < -0.3 is 20.9 Å². The molecule has 0 aromatic carbocycles. The number of carbonyl (C=O) groups is 2. The summed E-state index contributed by atoms with van der Waals surface area (Å²) < 4.78 is 9.87. The standard InChI is InChI=1S/C10H20N2O4S2.Zn/c1-3-5-7(15-9(11)13)17-18-8(6-4-2)16-10(12)14;/h7-8H,3-6H2,1-2H3,(H2,11,13)(H2,12,14);. The second-order valence-corrected chi connectivity index (χ2v) is 6.09. The Hall–Kier alpha value is -0.137. The Balaban J connectivity index is 0. The summed E-state index contributed by atoms with van der Waals surface area (Å²) in [5, 5.41) is 0. The molecule has 0 aromatic heterocycles. The van der Waals surface area contributed by atoms with Crippen LogP contribution in [0.3, 0.4) is 0 Å². The molecule has 19 heavy (non-hydrogen) atoms. The molecule has 0 fully saturated rings. The van der Waals surface area contributed by atoms with Gasteiger partial charge in [0.05, 0.1) is 0 Å². The average Bonchev–Trinajstić information content (AvgIpc) is 2.24. The Morgan fingerprint density at radius 2 is 1.26 bits per heavy atom. The van der Waals surface area contributed by atoms with E-state index in [1.807, 2.05) is 13.8 Å². The van der Waals surface area contributed by atoms with Gasteiger partial charge in [-0.3, -0.25) is 0 Å². The van der Waals surface area contributed by atoms with Gasteiger partial charge in [0, 0.05) is 19.5 Å². The van der Waals surface area contributed by atoms with Gasteiger partial charge in [0.25, 0.3) is 0 Å². The molecule has 0 aromatic rings. The molecule has 0 aliphatic rings. The fourth-order valence-electron chi connectivity index (χ4n) is 1.11. The monoisotopic (exact) mass is 360 g/mol. The Morgan fingerprint density at radius 3 is 1.47 bits per heavy atom. The summed E-state index contributed by atoms with van der Waals surface area (Å²) in [7, 11) is 2.65. The van der Waals surface area contributed by atoms with E-state index in [0.29, 0.717) is 12.8 Å². The van der Waals surface area contributed by atoms with E-state index >= 15 is 0 Å². The molecule has 0 saturated carbocycles. The molecule has 0 bridgehead atoms. The van der Waals surface area contributed by atoms with Crippen molar-refractivity contribution in [3.8, 4) is 0 Å². The minimum absolute atomic E-state index is 0. The number of nitrogens with two attached hydrogens (primary N) is 2. The van der Waals surface area contributed by atoms with Gasteiger partial charge in [0.1, 0.15) is 0 Å². The van der Waals surface area contributed by atoms with E-state index in [4.69, 9.17) is 20.9 Å². The zero-order valence-electron chi connectivity index (χ0n) is 11.3. The first-order chi connectivity index (χ1) is 8.49. The molecule has 9 heteroatoms. The van der Waals surface area contributed by atoms with Crippen molar-refractivity contribution in [2.45, 2.75) is 50.4 Å². The number of amides is 2. The van der Waals surface area contributed by atoms with E-state index in [1.165, 1.54) is 21.6 Å². The second-order valence-electron chi connectivity index (χ2n) is 3.50. The van der Waals surface area contributed by atoms with Gasteiger partial charge >= 0.3 is 12.2 Å². The van der Waals surface area contributed by atoms with Crippen LogP contribution in [-0.2, 0) is 29.0 Å². The van der Waals surface area contributed by atoms with Crippen LogP contribution in [0, 0.1) is 0 Å². The fourth-order valence-corrected chi connectivity index (χ4v) is 3.84. The van der Waals surface area contributed by atoms with Crippen LogP contribution >= 0.6 is 21.6 Å². The van der Waals surface area contributed by atoms with E-state index < -0.39 is 12.2 Å². The number of rotatable bonds is 9. The van der Waals surface area contributed by atoms with Crippen LogP contribution in [0.25, 0.3) is 0 Å². The minimum Gasteiger partial charge on any atom is -0.434 e. The van der Waals surface area contributed by atoms with Gasteiger partial charge in [-0.2, -0.15) is 0 Å². The van der Waals surface area contributed by atoms with Crippen LogP contribution < -0.4 is 11.5 Å². The Morgan fingerprint density at radius 1 is 0.947 bits per heavy atom. The predicted molar refractivity (Wildman–Crippen MR) is 73.9 cm³/mol. The normalized spacial score (nSPS) is 12.9. The van der Waals surface area contributed by atoms with Gasteiger partial charge in [-0.25, -0.2) is 9.59 Å². The second kappa shape index (κ2) is 12.9. The SMILES string of the molecule is CCCC(OC(N)=O)SSC(CCC)OC(N)=O.[Zn]. The largest absolute Gasteiger partial charge is 0.434 e. The van der Waals surface area contributed by atoms with Crippen molar-refractivity contribution in [1.29, 1.82) is 0 Å². The van der Waals surface area contributed by atoms with Crippen molar-refractivity contribution in [3.05, 3.63) is 0 Å². The van der Waals surface area contributed by atoms with Gasteiger partial charge in [0.2, 0.25) is 0 Å². The van der Waals surface area contributed by atoms with E-state index in [-0.39, 0.29) is 30.3 Å². The van der Waals surface area contributed by atoms with Crippen LogP contribution in [0.1, 0.15) is 39.5 Å². The van der Waals surface area contributed by atoms with E-state index in [2.05, 4.69) is 0 Å². The average molecular weight is 362 g/mol. The first-order valence-corrected chi connectivity index (χ1v) is 8.01. The summed E-state index contributed by atoms with van der Waals surface area (Å²) in [5.41, 5.74) is 9.28. The molecular weight excluding hydrogens is 342 g/mol. The summed E-state index contributed by atoms with van der Waals surface area (Å²) in [6, 6.07) is 0. The van der Waals surface area contributed by atoms with Crippen molar-refractivity contribution < 1.29 is 38.5 Å². The van der Waals surface area contributed by atoms with E-state index in [0.717, 1.165) is 12.8 Å². The molecule has 0 rings (SSSR count). The molecule has 6 nitrogen and oxygen atoms in total. The van der Waals surface area contributed by atoms with Crippen LogP contribution in [0.5, 0.6) is 0 Å². The molecular formula is C10H20N2O4S2Zn. The number of primary amides is 2. The molecule has 0 saturated heterocycles. The molecule has 2 amide bonds. The summed E-state index contributed by atoms with van der Waals surface area (Å²) >= 11 is 0. The Bertz CT molecular complexity index is 246. The van der Waals surface area contributed by atoms with Gasteiger partial charge in [-0.1, -0.05) is 26.7 Å². The summed E-state index contributed by atoms with van der Waals surface area (Å²) in [6.07, 6.45) is 1.50. The number of hydrogen-bond acceptors (Lipinski definition) is 6. The van der Waals surface area contributed by atoms with Crippen LogP contribution in [0.4, 0.5) is 9.59 Å². The Labute approximate surface area is 134 Å². The van der Waals surface area contributed by atoms with Crippen LogP contribution in [-0.4, -0.2) is 23.1 Å². The summed E-state index contributed by atoms with van der Waals surface area (Å²) in [6.45, 7) is 3.96. The van der Waals surface area contributed by atoms with Crippen molar-refractivity contribution >= 4 is 33.8 Å². The first kappa shape index (κ1) is 21.2. The zero-order chi connectivity index (χ0) is 14.0. The van der Waals surface area contributed by atoms with Crippen molar-refractivity contribution in [2.24, 2.45) is 11.5 Å². The molecule has 2 atom stereocenters. The molecule has 0 spiro atoms. The van der Waals surface area contributed by atoms with E-state index in [1.54, 1.807) is 0 Å². The van der Waals surface area contributed by atoms with Crippen molar-refractivity contribution in [2.75, 3.05) is 0 Å². The molecule has 108 valence electrons. The van der Waals surface area contributed by atoms with Crippen LogP contribution in [0.2, 0.25) is 0 Å². The number of carbonyl (C=O) groups excluding carboxylic acids is 2. The quantitative estimate of drug-likeness (QED) is 0.371. The number of ether oxygens (including phenoxy) is 2. The van der Waals surface area contributed by atoms with Crippen molar-refractivity contribution in [3.63, 3.8) is 0 Å². The third kappa shape index (κ3) is 12.6. The number of hydrogen-bond donors (Lipinski definition) is 2. The van der Waals surface area contributed by atoms with Gasteiger partial charge in [-0.15, -0.1) is 0 Å². The topological polar surface area (TPSA) is 105 Å². The molecule has 0 aliphatic heterocycles. The molecule has 0 radical (unpaired) electrons. The molecule has 2 unspecified atom stereocenters. The third-order valence-electron chi connectivity index (χ3n) is 1.81. The third-order valence-corrected chi connectivity index (χ3v) is 4.64. The Kier molecular flexibility index (Phi) is 14.3. The smallest absolute Gasteiger partial charge is 0.405 e. The minimum atomic E-state index is -0.801. The van der Waals surface area contributed by atoms with Crippen molar-refractivity contribution in [1.82, 2.24) is 0 Å². The summed E-state index contributed by atoms with van der Waals surface area (Å²) in [4.78, 5) is 21.4. The van der Waals surface area contributed by atoms with Crippen LogP contribution in [0.15, 0.2) is 0 Å². The maximum Gasteiger partial charge on any atom is 0.405 e. The predicted octanol–water partition coefficient (Wildman–Crippen LogP) is 2.81. The molecule has 4 N–H and O–H groups in total. The first-order valence-electron chi connectivity index (χ1n) is 5.73.